The summed E-state index contributed by atoms with van der Waals surface area (Å²) in [5.41, 5.74) is 4.41. The third kappa shape index (κ3) is 4.89. The number of ether oxygens (including phenoxy) is 1. The minimum absolute atomic E-state index is 0.0928. The Bertz CT molecular complexity index is 1090. The molecule has 30 heavy (non-hydrogen) atoms. The lowest BCUT2D eigenvalue weighted by molar-refractivity contribution is -0.121. The van der Waals surface area contributed by atoms with Crippen LogP contribution in [0.15, 0.2) is 30.5 Å². The molecule has 156 valence electrons. The summed E-state index contributed by atoms with van der Waals surface area (Å²) in [7, 11) is 0. The predicted molar refractivity (Wildman–Crippen MR) is 105 cm³/mol. The summed E-state index contributed by atoms with van der Waals surface area (Å²) in [6, 6.07) is 8.41. The first-order chi connectivity index (χ1) is 14.4. The van der Waals surface area contributed by atoms with Gasteiger partial charge in [-0.05, 0) is 49.9 Å². The highest BCUT2D eigenvalue weighted by Crippen LogP contribution is 2.18. The number of aromatic nitrogens is 3. The molecule has 0 bridgehead atoms. The summed E-state index contributed by atoms with van der Waals surface area (Å²) in [4.78, 5) is 16.7. The van der Waals surface area contributed by atoms with Gasteiger partial charge in [-0.15, -0.1) is 0 Å². The number of hydrogen-bond acceptors (Lipinski definition) is 5. The topological polar surface area (TPSA) is 92.3 Å². The van der Waals surface area contributed by atoms with Gasteiger partial charge in [0, 0.05) is 24.4 Å². The van der Waals surface area contributed by atoms with Crippen LogP contribution in [0.3, 0.4) is 0 Å². The molecular weight excluding hydrogens is 392 g/mol. The molecule has 0 saturated heterocycles. The van der Waals surface area contributed by atoms with Gasteiger partial charge in [-0.1, -0.05) is 12.1 Å². The van der Waals surface area contributed by atoms with Gasteiger partial charge < -0.3 is 10.1 Å². The average Bonchev–Trinajstić information content (AvgIpc) is 3.11. The van der Waals surface area contributed by atoms with Crippen LogP contribution in [0.2, 0.25) is 0 Å². The number of nitriles is 1. The quantitative estimate of drug-likeness (QED) is 0.613. The molecule has 3 rings (SSSR count). The number of aryl methyl sites for hydroxylation is 2. The second-order valence-corrected chi connectivity index (χ2v) is 6.79. The molecule has 9 heteroatoms. The van der Waals surface area contributed by atoms with Crippen molar-refractivity contribution in [2.24, 2.45) is 0 Å². The molecule has 0 saturated carbocycles. The molecule has 3 aromatic rings. The molecule has 2 aromatic heterocycles. The number of nitrogens with one attached hydrogen (secondary N) is 1. The first kappa shape index (κ1) is 21.2. The molecule has 0 fully saturated rings. The van der Waals surface area contributed by atoms with E-state index in [1.807, 2.05) is 13.8 Å². The Labute approximate surface area is 172 Å². The van der Waals surface area contributed by atoms with Crippen molar-refractivity contribution in [2.45, 2.75) is 39.7 Å². The second-order valence-electron chi connectivity index (χ2n) is 6.79. The number of halogens is 2. The molecule has 0 aliphatic rings. The van der Waals surface area contributed by atoms with Crippen molar-refractivity contribution >= 4 is 11.6 Å². The van der Waals surface area contributed by atoms with Crippen LogP contribution in [-0.4, -0.2) is 33.7 Å². The van der Waals surface area contributed by atoms with Gasteiger partial charge >= 0.3 is 6.61 Å². The zero-order chi connectivity index (χ0) is 21.7. The van der Waals surface area contributed by atoms with Gasteiger partial charge in [0.2, 0.25) is 5.91 Å². The second kappa shape index (κ2) is 9.31. The van der Waals surface area contributed by atoms with Gasteiger partial charge in [0.15, 0.2) is 5.65 Å². The van der Waals surface area contributed by atoms with Crippen LogP contribution in [0.5, 0.6) is 5.75 Å². The van der Waals surface area contributed by atoms with Gasteiger partial charge in [-0.3, -0.25) is 4.79 Å². The van der Waals surface area contributed by atoms with E-state index in [0.717, 1.165) is 22.5 Å². The Morgan fingerprint density at radius 3 is 2.67 bits per heavy atom. The van der Waals surface area contributed by atoms with Crippen LogP contribution in [0.25, 0.3) is 5.65 Å². The summed E-state index contributed by atoms with van der Waals surface area (Å²) >= 11 is 0. The summed E-state index contributed by atoms with van der Waals surface area (Å²) in [6.45, 7) is 1.34. The highest BCUT2D eigenvalue weighted by Gasteiger charge is 2.14. The fourth-order valence-electron chi connectivity index (χ4n) is 3.26. The van der Waals surface area contributed by atoms with Crippen LogP contribution in [0, 0.1) is 25.2 Å². The number of fused-ring (bicyclic) bond motifs is 1. The normalized spacial score (nSPS) is 10.9. The lowest BCUT2D eigenvalue weighted by atomic mass is 10.1. The highest BCUT2D eigenvalue weighted by molar-refractivity contribution is 5.76. The van der Waals surface area contributed by atoms with E-state index < -0.39 is 6.61 Å². The van der Waals surface area contributed by atoms with E-state index in [2.05, 4.69) is 26.2 Å². The van der Waals surface area contributed by atoms with Crippen molar-refractivity contribution in [1.29, 1.82) is 5.26 Å². The fourth-order valence-corrected chi connectivity index (χ4v) is 3.26. The van der Waals surface area contributed by atoms with Gasteiger partial charge in [0.25, 0.3) is 0 Å². The molecular formula is C21H21F2N5O2. The van der Waals surface area contributed by atoms with Crippen molar-refractivity contribution in [1.82, 2.24) is 19.9 Å². The number of benzene rings is 1. The zero-order valence-electron chi connectivity index (χ0n) is 16.7. The molecule has 0 unspecified atom stereocenters. The number of alkyl halides is 2. The van der Waals surface area contributed by atoms with Crippen LogP contribution in [0.4, 0.5) is 8.78 Å². The van der Waals surface area contributed by atoms with E-state index >= 15 is 0 Å². The third-order valence-electron chi connectivity index (χ3n) is 4.82. The third-order valence-corrected chi connectivity index (χ3v) is 4.82. The van der Waals surface area contributed by atoms with Crippen molar-refractivity contribution in [2.75, 3.05) is 6.54 Å². The standard InChI is InChI=1S/C21H21F2N5O2/c1-13-18(14(2)28-20(27-13)16(11-24)12-26-28)7-8-19(29)25-10-9-15-3-5-17(6-4-15)30-21(22)23/h3-6,12,21H,7-10H2,1-2H3,(H,25,29). The number of amides is 1. The van der Waals surface area contributed by atoms with E-state index in [4.69, 9.17) is 5.26 Å². The minimum atomic E-state index is -2.85. The SMILES string of the molecule is Cc1nc2c(C#N)cnn2c(C)c1CCC(=O)NCCc1ccc(OC(F)F)cc1. The zero-order valence-corrected chi connectivity index (χ0v) is 16.7. The van der Waals surface area contributed by atoms with Crippen LogP contribution in [-0.2, 0) is 17.6 Å². The van der Waals surface area contributed by atoms with Gasteiger partial charge in [-0.25, -0.2) is 9.50 Å². The fraction of sp³-hybridized carbons (Fsp3) is 0.333. The maximum atomic E-state index is 12.2. The first-order valence-corrected chi connectivity index (χ1v) is 9.43. The maximum absolute atomic E-state index is 12.2. The Morgan fingerprint density at radius 2 is 2.00 bits per heavy atom. The summed E-state index contributed by atoms with van der Waals surface area (Å²) in [6.07, 6.45) is 2.87. The van der Waals surface area contributed by atoms with Crippen LogP contribution >= 0.6 is 0 Å². The number of carbonyl (C=O) groups excluding carboxylic acids is 1. The van der Waals surface area contributed by atoms with E-state index in [1.54, 1.807) is 16.6 Å². The molecule has 0 spiro atoms. The largest absolute Gasteiger partial charge is 0.435 e. The molecule has 1 aromatic carbocycles. The number of hydrogen-bond donors (Lipinski definition) is 1. The summed E-state index contributed by atoms with van der Waals surface area (Å²) in [5, 5.41) is 16.2. The van der Waals surface area contributed by atoms with Crippen molar-refractivity contribution < 1.29 is 18.3 Å². The Hall–Kier alpha value is -3.54. The summed E-state index contributed by atoms with van der Waals surface area (Å²) in [5.74, 6) is 0.0120. The molecule has 2 heterocycles. The molecule has 1 N–H and O–H groups in total. The Balaban J connectivity index is 1.52. The Kier molecular flexibility index (Phi) is 6.57. The predicted octanol–water partition coefficient (Wildman–Crippen LogP) is 3.11. The van der Waals surface area contributed by atoms with Gasteiger partial charge in [0.1, 0.15) is 17.4 Å². The highest BCUT2D eigenvalue weighted by atomic mass is 19.3. The maximum Gasteiger partial charge on any atom is 0.387 e. The van der Waals surface area contributed by atoms with E-state index in [-0.39, 0.29) is 11.7 Å². The van der Waals surface area contributed by atoms with Gasteiger partial charge in [-0.2, -0.15) is 19.1 Å². The monoisotopic (exact) mass is 413 g/mol. The van der Waals surface area contributed by atoms with Gasteiger partial charge in [0.05, 0.1) is 6.20 Å². The molecule has 7 nitrogen and oxygen atoms in total. The van der Waals surface area contributed by atoms with E-state index in [0.29, 0.717) is 37.0 Å². The van der Waals surface area contributed by atoms with Crippen LogP contribution in [0.1, 0.15) is 34.5 Å². The number of carbonyl (C=O) groups is 1. The molecule has 0 aliphatic heterocycles. The molecule has 0 aliphatic carbocycles. The molecule has 0 atom stereocenters. The number of rotatable bonds is 8. The number of nitrogens with zero attached hydrogens (tertiary/aromatic N) is 4. The average molecular weight is 413 g/mol. The summed E-state index contributed by atoms with van der Waals surface area (Å²) < 4.78 is 30.3. The van der Waals surface area contributed by atoms with Crippen molar-refractivity contribution in [3.63, 3.8) is 0 Å². The first-order valence-electron chi connectivity index (χ1n) is 9.43. The molecule has 1 amide bonds. The van der Waals surface area contributed by atoms with E-state index in [1.165, 1.54) is 18.3 Å². The lowest BCUT2D eigenvalue weighted by Crippen LogP contribution is -2.26. The van der Waals surface area contributed by atoms with Crippen molar-refractivity contribution in [3.05, 3.63) is 58.5 Å². The van der Waals surface area contributed by atoms with Crippen molar-refractivity contribution in [3.8, 4) is 11.8 Å². The smallest absolute Gasteiger partial charge is 0.387 e. The Morgan fingerprint density at radius 1 is 1.27 bits per heavy atom. The van der Waals surface area contributed by atoms with Crippen LogP contribution < -0.4 is 10.1 Å². The molecule has 0 radical (unpaired) electrons. The minimum Gasteiger partial charge on any atom is -0.435 e. The van der Waals surface area contributed by atoms with E-state index in [9.17, 15) is 13.6 Å². The lowest BCUT2D eigenvalue weighted by Gasteiger charge is -2.11.